The molecule has 0 spiro atoms. The van der Waals surface area contributed by atoms with Crippen LogP contribution >= 0.6 is 0 Å². The Kier molecular flexibility index (Phi) is 4.98. The van der Waals surface area contributed by atoms with Gasteiger partial charge in [-0.2, -0.15) is 5.26 Å². The van der Waals surface area contributed by atoms with Crippen LogP contribution in [0, 0.1) is 22.7 Å². The van der Waals surface area contributed by atoms with Crippen molar-refractivity contribution in [3.8, 4) is 6.07 Å². The van der Waals surface area contributed by atoms with Gasteiger partial charge < -0.3 is 10.6 Å². The van der Waals surface area contributed by atoms with Crippen LogP contribution < -0.4 is 10.6 Å². The Labute approximate surface area is 126 Å². The van der Waals surface area contributed by atoms with Crippen LogP contribution in [0.3, 0.4) is 0 Å². The van der Waals surface area contributed by atoms with Crippen LogP contribution in [-0.4, -0.2) is 19.0 Å². The highest BCUT2D eigenvalue weighted by molar-refractivity contribution is 5.82. The Balaban J connectivity index is 1.95. The average Bonchev–Trinajstić information content (AvgIpc) is 2.53. The summed E-state index contributed by atoms with van der Waals surface area (Å²) in [6, 6.07) is 9.47. The molecule has 0 bridgehead atoms. The van der Waals surface area contributed by atoms with Crippen molar-refractivity contribution in [3.05, 3.63) is 35.4 Å². The summed E-state index contributed by atoms with van der Waals surface area (Å²) in [6.45, 7) is 6.47. The molecule has 1 aliphatic heterocycles. The predicted molar refractivity (Wildman–Crippen MR) is 82.4 cm³/mol. The number of hydrogen-bond acceptors (Lipinski definition) is 3. The molecule has 112 valence electrons. The van der Waals surface area contributed by atoms with Gasteiger partial charge in [0.05, 0.1) is 11.6 Å². The third-order valence-electron chi connectivity index (χ3n) is 4.41. The number of hydrogen-bond donors (Lipinski definition) is 2. The van der Waals surface area contributed by atoms with Gasteiger partial charge in [-0.15, -0.1) is 0 Å². The summed E-state index contributed by atoms with van der Waals surface area (Å²) in [5.41, 5.74) is 1.21. The number of piperidine rings is 1. The van der Waals surface area contributed by atoms with Gasteiger partial charge in [-0.05, 0) is 49.5 Å². The molecule has 1 heterocycles. The molecule has 0 aliphatic carbocycles. The monoisotopic (exact) mass is 285 g/mol. The van der Waals surface area contributed by atoms with Gasteiger partial charge in [0.1, 0.15) is 0 Å². The first-order valence-electron chi connectivity index (χ1n) is 7.52. The normalized spacial score (nSPS) is 18.8. The maximum atomic E-state index is 12.5. The molecular weight excluding hydrogens is 262 g/mol. The van der Waals surface area contributed by atoms with Crippen molar-refractivity contribution in [2.75, 3.05) is 13.1 Å². The van der Waals surface area contributed by atoms with Gasteiger partial charge >= 0.3 is 0 Å². The molecule has 0 aromatic heterocycles. The molecule has 2 rings (SSSR count). The summed E-state index contributed by atoms with van der Waals surface area (Å²) >= 11 is 0. The molecule has 1 aromatic carbocycles. The third kappa shape index (κ3) is 3.83. The Bertz CT molecular complexity index is 539. The number of nitrogens with one attached hydrogen (secondary N) is 2. The fourth-order valence-electron chi connectivity index (χ4n) is 2.81. The van der Waals surface area contributed by atoms with E-state index in [1.54, 1.807) is 6.07 Å². The van der Waals surface area contributed by atoms with Gasteiger partial charge in [0.2, 0.25) is 5.91 Å². The van der Waals surface area contributed by atoms with E-state index in [4.69, 9.17) is 5.26 Å². The number of nitriles is 1. The quantitative estimate of drug-likeness (QED) is 0.891. The van der Waals surface area contributed by atoms with E-state index in [0.29, 0.717) is 18.0 Å². The van der Waals surface area contributed by atoms with Gasteiger partial charge in [0.15, 0.2) is 0 Å². The summed E-state index contributed by atoms with van der Waals surface area (Å²) in [5, 5.41) is 15.3. The second-order valence-corrected chi connectivity index (χ2v) is 6.26. The van der Waals surface area contributed by atoms with Crippen molar-refractivity contribution in [3.63, 3.8) is 0 Å². The smallest absolute Gasteiger partial charge is 0.226 e. The molecule has 1 saturated heterocycles. The SMILES string of the molecule is CC(C)(C(=O)NCc1cccc(C#N)c1)C1CCCNC1. The van der Waals surface area contributed by atoms with E-state index < -0.39 is 0 Å². The van der Waals surface area contributed by atoms with Crippen molar-refractivity contribution < 1.29 is 4.79 Å². The van der Waals surface area contributed by atoms with Crippen molar-refractivity contribution in [2.45, 2.75) is 33.2 Å². The fourth-order valence-corrected chi connectivity index (χ4v) is 2.81. The first kappa shape index (κ1) is 15.5. The van der Waals surface area contributed by atoms with E-state index in [0.717, 1.165) is 31.5 Å². The maximum absolute atomic E-state index is 12.5. The highest BCUT2D eigenvalue weighted by Gasteiger charge is 2.36. The van der Waals surface area contributed by atoms with E-state index in [1.165, 1.54) is 0 Å². The summed E-state index contributed by atoms with van der Waals surface area (Å²) in [4.78, 5) is 12.5. The Morgan fingerprint density at radius 1 is 1.52 bits per heavy atom. The maximum Gasteiger partial charge on any atom is 0.226 e. The number of rotatable bonds is 4. The van der Waals surface area contributed by atoms with Crippen molar-refractivity contribution in [2.24, 2.45) is 11.3 Å². The fraction of sp³-hybridized carbons (Fsp3) is 0.529. The van der Waals surface area contributed by atoms with Crippen molar-refractivity contribution in [1.29, 1.82) is 5.26 Å². The lowest BCUT2D eigenvalue weighted by molar-refractivity contribution is -0.132. The van der Waals surface area contributed by atoms with Crippen molar-refractivity contribution in [1.82, 2.24) is 10.6 Å². The number of benzene rings is 1. The number of nitrogens with zero attached hydrogens (tertiary/aromatic N) is 1. The van der Waals surface area contributed by atoms with E-state index in [9.17, 15) is 4.79 Å². The average molecular weight is 285 g/mol. The standard InChI is InChI=1S/C17H23N3O/c1-17(2,15-7-4-8-19-12-15)16(21)20-11-14-6-3-5-13(9-14)10-18/h3,5-6,9,15,19H,4,7-8,11-12H2,1-2H3,(H,20,21). The van der Waals surface area contributed by atoms with Crippen LogP contribution in [0.2, 0.25) is 0 Å². The molecule has 2 N–H and O–H groups in total. The second kappa shape index (κ2) is 6.73. The minimum Gasteiger partial charge on any atom is -0.352 e. The number of carbonyl (C=O) groups excluding carboxylic acids is 1. The molecule has 1 aliphatic rings. The molecule has 4 heteroatoms. The lowest BCUT2D eigenvalue weighted by Crippen LogP contribution is -2.47. The lowest BCUT2D eigenvalue weighted by atomic mass is 9.74. The largest absolute Gasteiger partial charge is 0.352 e. The summed E-state index contributed by atoms with van der Waals surface area (Å²) in [5.74, 6) is 0.454. The molecule has 21 heavy (non-hydrogen) atoms. The minimum atomic E-state index is -0.375. The summed E-state index contributed by atoms with van der Waals surface area (Å²) in [6.07, 6.45) is 2.23. The van der Waals surface area contributed by atoms with Gasteiger partial charge in [0, 0.05) is 12.0 Å². The van der Waals surface area contributed by atoms with Crippen molar-refractivity contribution >= 4 is 5.91 Å². The van der Waals surface area contributed by atoms with Gasteiger partial charge in [-0.1, -0.05) is 26.0 Å². The Morgan fingerprint density at radius 2 is 2.33 bits per heavy atom. The number of amides is 1. The second-order valence-electron chi connectivity index (χ2n) is 6.26. The number of carbonyl (C=O) groups is 1. The first-order valence-corrected chi connectivity index (χ1v) is 7.52. The predicted octanol–water partition coefficient (Wildman–Crippen LogP) is 2.20. The van der Waals surface area contributed by atoms with Crippen LogP contribution in [0.5, 0.6) is 0 Å². The van der Waals surface area contributed by atoms with E-state index in [2.05, 4.69) is 16.7 Å². The zero-order chi connectivity index (χ0) is 15.3. The molecule has 0 radical (unpaired) electrons. The van der Waals surface area contributed by atoms with E-state index in [-0.39, 0.29) is 11.3 Å². The molecule has 0 saturated carbocycles. The van der Waals surface area contributed by atoms with E-state index in [1.807, 2.05) is 32.0 Å². The van der Waals surface area contributed by atoms with Crippen LogP contribution in [0.25, 0.3) is 0 Å². The highest BCUT2D eigenvalue weighted by Crippen LogP contribution is 2.31. The van der Waals surface area contributed by atoms with Crippen LogP contribution in [0.4, 0.5) is 0 Å². The summed E-state index contributed by atoms with van der Waals surface area (Å²) in [7, 11) is 0. The zero-order valence-corrected chi connectivity index (χ0v) is 12.8. The Hall–Kier alpha value is -1.86. The van der Waals surface area contributed by atoms with E-state index >= 15 is 0 Å². The summed E-state index contributed by atoms with van der Waals surface area (Å²) < 4.78 is 0. The van der Waals surface area contributed by atoms with Crippen LogP contribution in [0.1, 0.15) is 37.8 Å². The molecule has 1 fully saturated rings. The molecule has 1 amide bonds. The molecule has 1 unspecified atom stereocenters. The molecular formula is C17H23N3O. The lowest BCUT2D eigenvalue weighted by Gasteiger charge is -2.36. The van der Waals surface area contributed by atoms with Gasteiger partial charge in [0.25, 0.3) is 0 Å². The van der Waals surface area contributed by atoms with Crippen LogP contribution in [-0.2, 0) is 11.3 Å². The van der Waals surface area contributed by atoms with Gasteiger partial charge in [-0.25, -0.2) is 0 Å². The van der Waals surface area contributed by atoms with Gasteiger partial charge in [-0.3, -0.25) is 4.79 Å². The highest BCUT2D eigenvalue weighted by atomic mass is 16.2. The first-order chi connectivity index (χ1) is 10.0. The molecule has 4 nitrogen and oxygen atoms in total. The zero-order valence-electron chi connectivity index (χ0n) is 12.8. The minimum absolute atomic E-state index is 0.0820. The Morgan fingerprint density at radius 3 is 3.00 bits per heavy atom. The molecule has 1 atom stereocenters. The third-order valence-corrected chi connectivity index (χ3v) is 4.41. The molecule has 1 aromatic rings. The topological polar surface area (TPSA) is 64.9 Å². The van der Waals surface area contributed by atoms with Crippen LogP contribution in [0.15, 0.2) is 24.3 Å².